The second kappa shape index (κ2) is 7.74. The number of piperazine rings is 1. The number of carbonyl (C=O) groups is 1. The summed E-state index contributed by atoms with van der Waals surface area (Å²) in [7, 11) is 0. The quantitative estimate of drug-likeness (QED) is 0.561. The van der Waals surface area contributed by atoms with Crippen molar-refractivity contribution in [2.75, 3.05) is 26.2 Å². The van der Waals surface area contributed by atoms with Crippen molar-refractivity contribution in [3.05, 3.63) is 57.8 Å². The van der Waals surface area contributed by atoms with E-state index in [1.807, 2.05) is 41.6 Å². The lowest BCUT2D eigenvalue weighted by Crippen LogP contribution is -2.47. The van der Waals surface area contributed by atoms with Gasteiger partial charge in [-0.3, -0.25) is 14.7 Å². The molecule has 0 saturated carbocycles. The summed E-state index contributed by atoms with van der Waals surface area (Å²) in [5, 5.41) is 0. The average molecular weight is 423 g/mol. The van der Waals surface area contributed by atoms with Gasteiger partial charge in [-0.15, -0.1) is 0 Å². The maximum absolute atomic E-state index is 12.2. The van der Waals surface area contributed by atoms with Crippen LogP contribution in [0.2, 0.25) is 0 Å². The van der Waals surface area contributed by atoms with E-state index < -0.39 is 0 Å². The number of amides is 1. The predicted molar refractivity (Wildman–Crippen MR) is 96.6 cm³/mol. The highest BCUT2D eigenvalue weighted by Gasteiger charge is 2.19. The molecule has 2 aromatic rings. The van der Waals surface area contributed by atoms with Gasteiger partial charge in [0, 0.05) is 51.2 Å². The molecular formula is C17H18IN3O2. The Balaban J connectivity index is 1.48. The molecular weight excluding hydrogens is 405 g/mol. The molecule has 0 radical (unpaired) electrons. The normalized spacial score (nSPS) is 16.1. The summed E-state index contributed by atoms with van der Waals surface area (Å²) in [6.07, 6.45) is 6.95. The number of hydrogen-bond acceptors (Lipinski definition) is 4. The smallest absolute Gasteiger partial charge is 0.246 e. The van der Waals surface area contributed by atoms with Crippen molar-refractivity contribution < 1.29 is 9.21 Å². The lowest BCUT2D eigenvalue weighted by molar-refractivity contribution is -0.127. The van der Waals surface area contributed by atoms with Crippen LogP contribution < -0.4 is 0 Å². The molecule has 2 aromatic heterocycles. The molecule has 0 aliphatic carbocycles. The second-order valence-electron chi connectivity index (χ2n) is 5.43. The maximum Gasteiger partial charge on any atom is 0.246 e. The molecule has 3 rings (SSSR count). The van der Waals surface area contributed by atoms with Gasteiger partial charge in [-0.05, 0) is 58.5 Å². The highest BCUT2D eigenvalue weighted by atomic mass is 127. The van der Waals surface area contributed by atoms with E-state index in [-0.39, 0.29) is 5.91 Å². The number of nitrogens with zero attached hydrogens (tertiary/aromatic N) is 3. The summed E-state index contributed by atoms with van der Waals surface area (Å²) in [5.74, 6) is 0.749. The van der Waals surface area contributed by atoms with E-state index in [1.165, 1.54) is 5.56 Å². The molecule has 0 aromatic carbocycles. The number of carbonyl (C=O) groups excluding carboxylic acids is 1. The second-order valence-corrected chi connectivity index (χ2v) is 6.50. The predicted octanol–water partition coefficient (Wildman–Crippen LogP) is 2.64. The standard InChI is InChI=1S/C17H18IN3O2/c18-16-3-1-15(23-16)2-4-17(22)21-11-9-20(10-12-21)13-14-5-7-19-8-6-14/h1-8H,9-13H2/b4-2+. The first-order valence-electron chi connectivity index (χ1n) is 7.54. The summed E-state index contributed by atoms with van der Waals surface area (Å²) >= 11 is 2.11. The molecule has 1 amide bonds. The van der Waals surface area contributed by atoms with Gasteiger partial charge in [0.1, 0.15) is 5.76 Å². The zero-order valence-electron chi connectivity index (χ0n) is 12.7. The highest BCUT2D eigenvalue weighted by Crippen LogP contribution is 2.12. The third-order valence-corrected chi connectivity index (χ3v) is 4.40. The Morgan fingerprint density at radius 1 is 1.17 bits per heavy atom. The lowest BCUT2D eigenvalue weighted by atomic mass is 10.2. The number of rotatable bonds is 4. The van der Waals surface area contributed by atoms with Gasteiger partial charge in [0.25, 0.3) is 0 Å². The molecule has 5 nitrogen and oxygen atoms in total. The number of halogens is 1. The molecule has 1 aliphatic rings. The maximum atomic E-state index is 12.2. The van der Waals surface area contributed by atoms with Crippen LogP contribution in [0.25, 0.3) is 6.08 Å². The first-order chi connectivity index (χ1) is 11.2. The van der Waals surface area contributed by atoms with Crippen LogP contribution in [-0.4, -0.2) is 46.9 Å². The Morgan fingerprint density at radius 3 is 2.57 bits per heavy atom. The van der Waals surface area contributed by atoms with E-state index in [9.17, 15) is 4.79 Å². The molecule has 3 heterocycles. The van der Waals surface area contributed by atoms with Gasteiger partial charge in [-0.2, -0.15) is 0 Å². The fraction of sp³-hybridized carbons (Fsp3) is 0.294. The summed E-state index contributed by atoms with van der Waals surface area (Å²) in [6.45, 7) is 4.19. The van der Waals surface area contributed by atoms with E-state index in [1.54, 1.807) is 12.2 Å². The van der Waals surface area contributed by atoms with Crippen LogP contribution in [0.3, 0.4) is 0 Å². The fourth-order valence-corrected chi connectivity index (χ4v) is 2.98. The van der Waals surface area contributed by atoms with Crippen LogP contribution in [0.1, 0.15) is 11.3 Å². The molecule has 0 bridgehead atoms. The van der Waals surface area contributed by atoms with Crippen LogP contribution >= 0.6 is 22.6 Å². The highest BCUT2D eigenvalue weighted by molar-refractivity contribution is 14.1. The minimum Gasteiger partial charge on any atom is -0.451 e. The van der Waals surface area contributed by atoms with Gasteiger partial charge in [-0.1, -0.05) is 0 Å². The van der Waals surface area contributed by atoms with Gasteiger partial charge in [-0.25, -0.2) is 0 Å². The zero-order chi connectivity index (χ0) is 16.1. The van der Waals surface area contributed by atoms with E-state index in [0.717, 1.165) is 36.5 Å². The molecule has 0 unspecified atom stereocenters. The minimum atomic E-state index is 0.0416. The zero-order valence-corrected chi connectivity index (χ0v) is 14.8. The van der Waals surface area contributed by atoms with Crippen molar-refractivity contribution in [2.24, 2.45) is 0 Å². The van der Waals surface area contributed by atoms with Gasteiger partial charge in [0.05, 0.1) is 0 Å². The summed E-state index contributed by atoms with van der Waals surface area (Å²) < 4.78 is 6.24. The van der Waals surface area contributed by atoms with Gasteiger partial charge < -0.3 is 9.32 Å². The van der Waals surface area contributed by atoms with Gasteiger partial charge >= 0.3 is 0 Å². The van der Waals surface area contributed by atoms with E-state index in [4.69, 9.17) is 4.42 Å². The molecule has 0 spiro atoms. The molecule has 1 saturated heterocycles. The van der Waals surface area contributed by atoms with E-state index in [0.29, 0.717) is 5.76 Å². The Hall–Kier alpha value is -1.67. The number of aromatic nitrogens is 1. The van der Waals surface area contributed by atoms with Crippen molar-refractivity contribution in [2.45, 2.75) is 6.54 Å². The van der Waals surface area contributed by atoms with Crippen molar-refractivity contribution >= 4 is 34.6 Å². The summed E-state index contributed by atoms with van der Waals surface area (Å²) in [5.41, 5.74) is 1.26. The number of hydrogen-bond donors (Lipinski definition) is 0. The average Bonchev–Trinajstić information content (AvgIpc) is 3.00. The molecule has 0 atom stereocenters. The molecule has 0 N–H and O–H groups in total. The van der Waals surface area contributed by atoms with Gasteiger partial charge in [0.15, 0.2) is 3.77 Å². The third-order valence-electron chi connectivity index (χ3n) is 3.82. The Bertz CT molecular complexity index is 676. The third kappa shape index (κ3) is 4.65. The van der Waals surface area contributed by atoms with Crippen molar-refractivity contribution in [1.82, 2.24) is 14.8 Å². The van der Waals surface area contributed by atoms with Crippen molar-refractivity contribution in [1.29, 1.82) is 0 Å². The topological polar surface area (TPSA) is 49.6 Å². The number of pyridine rings is 1. The summed E-state index contributed by atoms with van der Waals surface area (Å²) in [4.78, 5) is 20.5. The van der Waals surface area contributed by atoms with Crippen LogP contribution in [0.4, 0.5) is 0 Å². The minimum absolute atomic E-state index is 0.0416. The lowest BCUT2D eigenvalue weighted by Gasteiger charge is -2.34. The fourth-order valence-electron chi connectivity index (χ4n) is 2.55. The number of furan rings is 1. The van der Waals surface area contributed by atoms with Crippen LogP contribution in [0.15, 0.2) is 47.2 Å². The van der Waals surface area contributed by atoms with Crippen molar-refractivity contribution in [3.63, 3.8) is 0 Å². The summed E-state index contributed by atoms with van der Waals surface area (Å²) in [6, 6.07) is 7.80. The van der Waals surface area contributed by atoms with Gasteiger partial charge in [0.2, 0.25) is 5.91 Å². The SMILES string of the molecule is O=C(/C=C/c1ccc(I)o1)N1CCN(Cc2ccncc2)CC1. The molecule has 6 heteroatoms. The molecule has 23 heavy (non-hydrogen) atoms. The molecule has 1 aliphatic heterocycles. The van der Waals surface area contributed by atoms with Crippen LogP contribution in [0.5, 0.6) is 0 Å². The molecule has 120 valence electrons. The van der Waals surface area contributed by atoms with E-state index in [2.05, 4.69) is 32.5 Å². The molecule has 1 fully saturated rings. The first-order valence-corrected chi connectivity index (χ1v) is 8.62. The first kappa shape index (κ1) is 16.2. The Kier molecular flexibility index (Phi) is 5.45. The monoisotopic (exact) mass is 423 g/mol. The largest absolute Gasteiger partial charge is 0.451 e. The van der Waals surface area contributed by atoms with Crippen molar-refractivity contribution in [3.8, 4) is 0 Å². The van der Waals surface area contributed by atoms with Crippen LogP contribution in [0, 0.1) is 3.77 Å². The Morgan fingerprint density at radius 2 is 1.91 bits per heavy atom. The van der Waals surface area contributed by atoms with Crippen LogP contribution in [-0.2, 0) is 11.3 Å². The Labute approximate surface area is 149 Å². The van der Waals surface area contributed by atoms with E-state index >= 15 is 0 Å².